The van der Waals surface area contributed by atoms with Crippen molar-refractivity contribution >= 4 is 11.8 Å². The Labute approximate surface area is 67.4 Å². The molecule has 1 aromatic carbocycles. The Kier molecular flexibility index (Phi) is 4.11. The molecule has 0 atom stereocenters. The Hall–Kier alpha value is -1.87. The van der Waals surface area contributed by atoms with E-state index in [0.29, 0.717) is 0 Å². The molecule has 0 bridgehead atoms. The molecule has 12 heavy (non-hydrogen) atoms. The number of rotatable bonds is 0. The molecule has 1 aromatic rings. The van der Waals surface area contributed by atoms with Gasteiger partial charge in [0.1, 0.15) is 0 Å². The number of phenols is 1. The smallest absolute Gasteiger partial charge is 0.373 e. The number of phenolic OH excluding ortho intramolecular Hbond substituents is 1. The molecule has 0 saturated carbocycles. The summed E-state index contributed by atoms with van der Waals surface area (Å²) in [5.41, 5.74) is 5.05. The molecule has 0 unspecified atom stereocenters. The Balaban J connectivity index is 0.000000354. The minimum absolute atomic E-state index is 0.0324. The average Bonchev–Trinajstić information content (AvgIpc) is 2.02. The number of hydrogen-bond acceptors (Lipinski definition) is 4. The predicted molar refractivity (Wildman–Crippen MR) is 37.5 cm³/mol. The molecule has 1 rings (SSSR count). The van der Waals surface area contributed by atoms with Gasteiger partial charge < -0.3 is 10.8 Å². The second-order valence-corrected chi connectivity index (χ2v) is 1.76. The largest absolute Gasteiger partial charge is 0.505 e. The van der Waals surface area contributed by atoms with Crippen LogP contribution in [0.3, 0.4) is 0 Å². The summed E-state index contributed by atoms with van der Waals surface area (Å²) in [5, 5.41) is 8.65. The number of carbonyl (C=O) groups excluding carboxylic acids is 2. The lowest BCUT2D eigenvalue weighted by Gasteiger charge is -1.95. The van der Waals surface area contributed by atoms with Crippen molar-refractivity contribution in [1.82, 2.24) is 0 Å². The second kappa shape index (κ2) is 4.87. The van der Waals surface area contributed by atoms with Crippen LogP contribution in [0.15, 0.2) is 18.2 Å². The first-order chi connectivity index (χ1) is 5.63. The maximum absolute atomic E-state index is 12.4. The maximum atomic E-state index is 12.4. The fraction of sp³-hybridized carbons (Fsp3) is 0. The van der Waals surface area contributed by atoms with E-state index in [9.17, 15) is 4.39 Å². The van der Waals surface area contributed by atoms with E-state index in [0.717, 1.165) is 0 Å². The molecule has 0 aliphatic rings. The summed E-state index contributed by atoms with van der Waals surface area (Å²) < 4.78 is 12.4. The molecule has 0 spiro atoms. The highest BCUT2D eigenvalue weighted by atomic mass is 19.1. The number of hydrogen-bond donors (Lipinski definition) is 2. The highest BCUT2D eigenvalue weighted by Crippen LogP contribution is 2.19. The van der Waals surface area contributed by atoms with Crippen molar-refractivity contribution in [1.29, 1.82) is 0 Å². The third kappa shape index (κ3) is 2.81. The van der Waals surface area contributed by atoms with E-state index in [4.69, 9.17) is 20.4 Å². The van der Waals surface area contributed by atoms with Gasteiger partial charge in [-0.2, -0.15) is 9.59 Å². The van der Waals surface area contributed by atoms with Gasteiger partial charge in [0.05, 0.1) is 5.69 Å². The third-order valence-corrected chi connectivity index (χ3v) is 1.01. The van der Waals surface area contributed by atoms with E-state index in [2.05, 4.69) is 0 Å². The summed E-state index contributed by atoms with van der Waals surface area (Å²) in [6.45, 7) is 0. The summed E-state index contributed by atoms with van der Waals surface area (Å²) in [7, 11) is 0. The zero-order valence-electron chi connectivity index (χ0n) is 5.95. The lowest BCUT2D eigenvalue weighted by atomic mass is 10.3. The van der Waals surface area contributed by atoms with Crippen LogP contribution >= 0.6 is 0 Å². The Bertz CT molecular complexity index is 274. The van der Waals surface area contributed by atoms with Crippen molar-refractivity contribution in [3.63, 3.8) is 0 Å². The van der Waals surface area contributed by atoms with Crippen molar-refractivity contribution in [2.45, 2.75) is 0 Å². The topological polar surface area (TPSA) is 80.4 Å². The summed E-state index contributed by atoms with van der Waals surface area (Å²) in [6.07, 6.45) is 0.250. The van der Waals surface area contributed by atoms with E-state index in [-0.39, 0.29) is 11.8 Å². The van der Waals surface area contributed by atoms with Crippen LogP contribution in [0.25, 0.3) is 0 Å². The van der Waals surface area contributed by atoms with Gasteiger partial charge in [0.25, 0.3) is 0 Å². The monoisotopic (exact) mass is 171 g/mol. The molecule has 5 heteroatoms. The number of halogens is 1. The van der Waals surface area contributed by atoms with Gasteiger partial charge >= 0.3 is 6.15 Å². The Morgan fingerprint density at radius 3 is 2.25 bits per heavy atom. The SMILES string of the molecule is Nc1cccc(O)c1F.O=C=O. The molecule has 0 radical (unpaired) electrons. The van der Waals surface area contributed by atoms with Crippen LogP contribution in [-0.4, -0.2) is 11.3 Å². The minimum atomic E-state index is -0.752. The molecule has 3 N–H and O–H groups in total. The van der Waals surface area contributed by atoms with Gasteiger partial charge in [-0.3, -0.25) is 0 Å². The molecule has 0 fully saturated rings. The van der Waals surface area contributed by atoms with Crippen molar-refractivity contribution in [2.24, 2.45) is 0 Å². The molecule has 0 aliphatic carbocycles. The Morgan fingerprint density at radius 2 is 1.92 bits per heavy atom. The van der Waals surface area contributed by atoms with Gasteiger partial charge in [0.15, 0.2) is 11.6 Å². The van der Waals surface area contributed by atoms with Crippen LogP contribution in [-0.2, 0) is 9.59 Å². The number of nitrogen functional groups attached to an aromatic ring is 1. The van der Waals surface area contributed by atoms with Crippen molar-refractivity contribution in [3.8, 4) is 5.75 Å². The normalized spacial score (nSPS) is 7.75. The molecular formula is C7H6FNO3. The van der Waals surface area contributed by atoms with Crippen LogP contribution in [0, 0.1) is 5.82 Å². The van der Waals surface area contributed by atoms with Gasteiger partial charge in [-0.05, 0) is 12.1 Å². The predicted octanol–water partition coefficient (Wildman–Crippen LogP) is 0.530. The number of nitrogens with two attached hydrogens (primary N) is 1. The first-order valence-electron chi connectivity index (χ1n) is 2.85. The van der Waals surface area contributed by atoms with Crippen LogP contribution in [0.2, 0.25) is 0 Å². The molecular weight excluding hydrogens is 165 g/mol. The lowest BCUT2D eigenvalue weighted by molar-refractivity contribution is -0.191. The average molecular weight is 171 g/mol. The zero-order chi connectivity index (χ0) is 9.56. The van der Waals surface area contributed by atoms with E-state index < -0.39 is 11.6 Å². The quantitative estimate of drug-likeness (QED) is 0.558. The fourth-order valence-electron chi connectivity index (χ4n) is 0.537. The standard InChI is InChI=1S/C6H6FNO.CO2/c7-6-4(8)2-1-3-5(6)9;2-1-3/h1-3,9H,8H2;. The van der Waals surface area contributed by atoms with Gasteiger partial charge in [0, 0.05) is 0 Å². The molecule has 0 amide bonds. The minimum Gasteiger partial charge on any atom is -0.505 e. The number of benzene rings is 1. The summed E-state index contributed by atoms with van der Waals surface area (Å²) >= 11 is 0. The summed E-state index contributed by atoms with van der Waals surface area (Å²) in [4.78, 5) is 16.2. The van der Waals surface area contributed by atoms with Crippen LogP contribution < -0.4 is 5.73 Å². The van der Waals surface area contributed by atoms with Crippen LogP contribution in [0.5, 0.6) is 5.75 Å². The third-order valence-electron chi connectivity index (χ3n) is 1.01. The van der Waals surface area contributed by atoms with Crippen LogP contribution in [0.1, 0.15) is 0 Å². The molecule has 0 aromatic heterocycles. The van der Waals surface area contributed by atoms with E-state index in [1.807, 2.05) is 0 Å². The Morgan fingerprint density at radius 1 is 1.42 bits per heavy atom. The molecule has 0 saturated heterocycles. The highest BCUT2D eigenvalue weighted by molar-refractivity contribution is 5.45. The number of aromatic hydroxyl groups is 1. The molecule has 64 valence electrons. The van der Waals surface area contributed by atoms with E-state index in [1.54, 1.807) is 0 Å². The summed E-state index contributed by atoms with van der Waals surface area (Å²) in [6, 6.07) is 4.11. The molecule has 0 heterocycles. The van der Waals surface area contributed by atoms with E-state index in [1.165, 1.54) is 18.2 Å². The van der Waals surface area contributed by atoms with Gasteiger partial charge in [-0.15, -0.1) is 0 Å². The van der Waals surface area contributed by atoms with Crippen molar-refractivity contribution < 1.29 is 19.1 Å². The first kappa shape index (κ1) is 10.1. The van der Waals surface area contributed by atoms with Crippen molar-refractivity contribution in [3.05, 3.63) is 24.0 Å². The van der Waals surface area contributed by atoms with Crippen LogP contribution in [0.4, 0.5) is 10.1 Å². The highest BCUT2D eigenvalue weighted by Gasteiger charge is 2.00. The van der Waals surface area contributed by atoms with Gasteiger partial charge in [-0.25, -0.2) is 4.39 Å². The first-order valence-corrected chi connectivity index (χ1v) is 2.85. The maximum Gasteiger partial charge on any atom is 0.373 e. The summed E-state index contributed by atoms with van der Waals surface area (Å²) in [5.74, 6) is -1.16. The molecule has 4 nitrogen and oxygen atoms in total. The number of anilines is 1. The zero-order valence-corrected chi connectivity index (χ0v) is 5.95. The van der Waals surface area contributed by atoms with Gasteiger partial charge in [0.2, 0.25) is 0 Å². The fourth-order valence-corrected chi connectivity index (χ4v) is 0.537. The van der Waals surface area contributed by atoms with Crippen molar-refractivity contribution in [2.75, 3.05) is 5.73 Å². The lowest BCUT2D eigenvalue weighted by Crippen LogP contribution is -1.88. The van der Waals surface area contributed by atoms with Gasteiger partial charge in [-0.1, -0.05) is 6.07 Å². The van der Waals surface area contributed by atoms with E-state index >= 15 is 0 Å². The second-order valence-electron chi connectivity index (χ2n) is 1.76. The molecule has 0 aliphatic heterocycles.